The van der Waals surface area contributed by atoms with Crippen LogP contribution in [0, 0.1) is 0 Å². The molecule has 0 radical (unpaired) electrons. The maximum Gasteiger partial charge on any atom is 0.306 e. The van der Waals surface area contributed by atoms with Crippen molar-refractivity contribution in [1.82, 2.24) is 0 Å². The maximum absolute atomic E-state index is 11.8. The topological polar surface area (TPSA) is 124 Å². The smallest absolute Gasteiger partial charge is 0.306 e. The summed E-state index contributed by atoms with van der Waals surface area (Å²) in [5.41, 5.74) is 0. The summed E-state index contributed by atoms with van der Waals surface area (Å²) < 4.78 is 4.89. The van der Waals surface area contributed by atoms with Crippen LogP contribution in [0.5, 0.6) is 0 Å². The molecule has 0 saturated carbocycles. The predicted octanol–water partition coefficient (Wildman–Crippen LogP) is 3.43. The van der Waals surface area contributed by atoms with E-state index in [2.05, 4.69) is 6.92 Å². The molecule has 184 valence electrons. The van der Waals surface area contributed by atoms with Crippen molar-refractivity contribution in [2.45, 2.75) is 134 Å². The third kappa shape index (κ3) is 16.3. The van der Waals surface area contributed by atoms with Gasteiger partial charge in [-0.3, -0.25) is 9.59 Å². The highest BCUT2D eigenvalue weighted by Crippen LogP contribution is 2.14. The summed E-state index contributed by atoms with van der Waals surface area (Å²) in [5.74, 6) is -0.628. The largest absolute Gasteiger partial charge is 0.452 e. The monoisotopic (exact) mass is 446 g/mol. The first-order chi connectivity index (χ1) is 15.0. The number of aliphatic hydroxyl groups excluding tert-OH is 4. The fourth-order valence-corrected chi connectivity index (χ4v) is 3.56. The first kappa shape index (κ1) is 30.0. The minimum absolute atomic E-state index is 0.133. The molecule has 0 aromatic rings. The van der Waals surface area contributed by atoms with Crippen LogP contribution in [0.1, 0.15) is 110 Å². The van der Waals surface area contributed by atoms with Crippen LogP contribution in [-0.4, -0.2) is 63.7 Å². The van der Waals surface area contributed by atoms with Crippen LogP contribution < -0.4 is 0 Å². The van der Waals surface area contributed by atoms with E-state index >= 15 is 0 Å². The van der Waals surface area contributed by atoms with E-state index < -0.39 is 37.0 Å². The first-order valence-electron chi connectivity index (χ1n) is 12.3. The van der Waals surface area contributed by atoms with Crippen LogP contribution in [0.25, 0.3) is 0 Å². The van der Waals surface area contributed by atoms with Crippen LogP contribution in [-0.2, 0) is 14.3 Å². The molecule has 0 aliphatic rings. The Bertz CT molecular complexity index is 430. The van der Waals surface area contributed by atoms with Gasteiger partial charge in [0.1, 0.15) is 18.3 Å². The Balaban J connectivity index is 3.61. The highest BCUT2D eigenvalue weighted by Gasteiger charge is 2.33. The lowest BCUT2D eigenvalue weighted by Crippen LogP contribution is -2.48. The number of carbonyl (C=O) groups excluding carboxylic acids is 2. The molecular weight excluding hydrogens is 400 g/mol. The van der Waals surface area contributed by atoms with Gasteiger partial charge in [0.05, 0.1) is 6.61 Å². The molecule has 0 rings (SSSR count). The number of hydrogen-bond donors (Lipinski definition) is 4. The van der Waals surface area contributed by atoms with Gasteiger partial charge in [-0.15, -0.1) is 0 Å². The van der Waals surface area contributed by atoms with Crippen molar-refractivity contribution in [2.75, 3.05) is 6.61 Å². The molecule has 4 atom stereocenters. The van der Waals surface area contributed by atoms with Gasteiger partial charge in [0, 0.05) is 6.42 Å². The van der Waals surface area contributed by atoms with Gasteiger partial charge in [-0.05, 0) is 6.42 Å². The first-order valence-corrected chi connectivity index (χ1v) is 12.3. The number of rotatable bonds is 22. The normalized spacial score (nSPS) is 15.3. The van der Waals surface area contributed by atoms with Crippen LogP contribution in [0.3, 0.4) is 0 Å². The molecule has 0 aliphatic heterocycles. The van der Waals surface area contributed by atoms with E-state index in [1.165, 1.54) is 70.6 Å². The van der Waals surface area contributed by atoms with E-state index in [9.17, 15) is 24.9 Å². The summed E-state index contributed by atoms with van der Waals surface area (Å²) in [6.45, 7) is 1.46. The summed E-state index contributed by atoms with van der Waals surface area (Å²) in [6, 6.07) is 0. The van der Waals surface area contributed by atoms with E-state index in [1.54, 1.807) is 0 Å². The molecule has 0 fully saturated rings. The minimum Gasteiger partial charge on any atom is -0.452 e. The van der Waals surface area contributed by atoms with Crippen molar-refractivity contribution in [3.63, 3.8) is 0 Å². The van der Waals surface area contributed by atoms with Gasteiger partial charge in [0.15, 0.2) is 12.4 Å². The third-order valence-electron chi connectivity index (χ3n) is 5.65. The standard InChI is InChI=1S/C24H46O7/c1-2-3-4-5-6-7-8-9-10-11-12-13-14-15-16-17-22(28)31-21(19-26)24(30)23(29)20(27)18-25/h19-21,23-25,27,29-30H,2-18H2,1H3/t20-,21+,23-,24-/m1/s1. The highest BCUT2D eigenvalue weighted by molar-refractivity contribution is 5.72. The molecular formula is C24H46O7. The summed E-state index contributed by atoms with van der Waals surface area (Å²) in [5, 5.41) is 37.5. The second kappa shape index (κ2) is 20.9. The second-order valence-corrected chi connectivity index (χ2v) is 8.52. The SMILES string of the molecule is CCCCCCCCCCCCCCCCCC(=O)O[C@@H](C=O)[C@@H](O)[C@H](O)[C@H](O)CO. The Labute approximate surface area is 188 Å². The third-order valence-corrected chi connectivity index (χ3v) is 5.65. The Kier molecular flexibility index (Phi) is 20.2. The number of unbranched alkanes of at least 4 members (excludes halogenated alkanes) is 14. The van der Waals surface area contributed by atoms with Crippen molar-refractivity contribution < 1.29 is 34.8 Å². The summed E-state index contributed by atoms with van der Waals surface area (Å²) in [4.78, 5) is 22.8. The number of hydrogen-bond acceptors (Lipinski definition) is 7. The summed E-state index contributed by atoms with van der Waals surface area (Å²) >= 11 is 0. The van der Waals surface area contributed by atoms with Crippen LogP contribution in [0.4, 0.5) is 0 Å². The number of ether oxygens (including phenoxy) is 1. The molecule has 0 saturated heterocycles. The summed E-state index contributed by atoms with van der Waals surface area (Å²) in [7, 11) is 0. The zero-order chi connectivity index (χ0) is 23.3. The highest BCUT2D eigenvalue weighted by atomic mass is 16.6. The van der Waals surface area contributed by atoms with Crippen LogP contribution in [0.15, 0.2) is 0 Å². The van der Waals surface area contributed by atoms with Gasteiger partial charge >= 0.3 is 5.97 Å². The van der Waals surface area contributed by atoms with Crippen LogP contribution >= 0.6 is 0 Å². The molecule has 7 nitrogen and oxygen atoms in total. The van der Waals surface area contributed by atoms with Crippen molar-refractivity contribution in [3.8, 4) is 0 Å². The predicted molar refractivity (Wildman–Crippen MR) is 121 cm³/mol. The Morgan fingerprint density at radius 3 is 1.55 bits per heavy atom. The van der Waals surface area contributed by atoms with Crippen molar-refractivity contribution in [1.29, 1.82) is 0 Å². The fraction of sp³-hybridized carbons (Fsp3) is 0.917. The minimum atomic E-state index is -1.79. The van der Waals surface area contributed by atoms with E-state index in [0.717, 1.165) is 19.3 Å². The van der Waals surface area contributed by atoms with Gasteiger partial charge < -0.3 is 25.2 Å². The lowest BCUT2D eigenvalue weighted by atomic mass is 10.0. The molecule has 0 heterocycles. The van der Waals surface area contributed by atoms with Crippen molar-refractivity contribution in [3.05, 3.63) is 0 Å². The number of carbonyl (C=O) groups is 2. The lowest BCUT2D eigenvalue weighted by molar-refractivity contribution is -0.168. The average molecular weight is 447 g/mol. The molecule has 0 aromatic heterocycles. The van der Waals surface area contributed by atoms with E-state index in [1.807, 2.05) is 0 Å². The van der Waals surface area contributed by atoms with Gasteiger partial charge in [0.2, 0.25) is 0 Å². The second-order valence-electron chi connectivity index (χ2n) is 8.52. The van der Waals surface area contributed by atoms with Gasteiger partial charge in [-0.2, -0.15) is 0 Å². The Hall–Kier alpha value is -1.02. The molecule has 0 bridgehead atoms. The van der Waals surface area contributed by atoms with Gasteiger partial charge in [0.25, 0.3) is 0 Å². The van der Waals surface area contributed by atoms with E-state index in [-0.39, 0.29) is 12.7 Å². The molecule has 0 aromatic carbocycles. The fourth-order valence-electron chi connectivity index (χ4n) is 3.56. The Morgan fingerprint density at radius 1 is 0.742 bits per heavy atom. The number of esters is 1. The maximum atomic E-state index is 11.8. The Morgan fingerprint density at radius 2 is 1.16 bits per heavy atom. The van der Waals surface area contributed by atoms with Crippen molar-refractivity contribution in [2.24, 2.45) is 0 Å². The number of aldehydes is 1. The lowest BCUT2D eigenvalue weighted by Gasteiger charge is -2.25. The molecule has 0 unspecified atom stereocenters. The quantitative estimate of drug-likeness (QED) is 0.114. The van der Waals surface area contributed by atoms with Crippen LogP contribution in [0.2, 0.25) is 0 Å². The average Bonchev–Trinajstić information content (AvgIpc) is 2.78. The van der Waals surface area contributed by atoms with Crippen molar-refractivity contribution >= 4 is 12.3 Å². The molecule has 7 heteroatoms. The van der Waals surface area contributed by atoms with E-state index in [4.69, 9.17) is 9.84 Å². The zero-order valence-electron chi connectivity index (χ0n) is 19.4. The molecule has 0 amide bonds. The zero-order valence-corrected chi connectivity index (χ0v) is 19.4. The number of aliphatic hydroxyl groups is 4. The molecule has 0 aliphatic carbocycles. The molecule has 4 N–H and O–H groups in total. The molecule has 0 spiro atoms. The van der Waals surface area contributed by atoms with E-state index in [0.29, 0.717) is 6.42 Å². The molecule has 31 heavy (non-hydrogen) atoms. The van der Waals surface area contributed by atoms with Gasteiger partial charge in [-0.25, -0.2) is 0 Å². The summed E-state index contributed by atoms with van der Waals surface area (Å²) in [6.07, 6.45) is 11.9. The van der Waals surface area contributed by atoms with Gasteiger partial charge in [-0.1, -0.05) is 96.8 Å².